The highest BCUT2D eigenvalue weighted by molar-refractivity contribution is 6.71. The Kier molecular flexibility index (Phi) is 1.98. The van der Waals surface area contributed by atoms with Gasteiger partial charge in [0, 0.05) is 13.1 Å². The minimum absolute atomic E-state index is 0.548. The third-order valence-corrected chi connectivity index (χ3v) is 4.40. The molecule has 1 nitrogen and oxygen atoms in total. The lowest BCUT2D eigenvalue weighted by atomic mass is 10.3. The first-order valence-electron chi connectivity index (χ1n) is 3.86. The zero-order chi connectivity index (χ0) is 7.83. The van der Waals surface area contributed by atoms with E-state index in [9.17, 15) is 0 Å². The molecule has 0 aromatic carbocycles. The van der Waals surface area contributed by atoms with Crippen LogP contribution in [0.15, 0.2) is 0 Å². The average Bonchev–Trinajstić information content (AvgIpc) is 2.13. The van der Waals surface area contributed by atoms with E-state index in [2.05, 4.69) is 19.6 Å². The Morgan fingerprint density at radius 1 is 1.10 bits per heavy atom. The smallest absolute Gasteiger partial charge is 0.231 e. The molecule has 3 heteroatoms. The molecule has 0 radical (unpaired) electrons. The van der Waals surface area contributed by atoms with Gasteiger partial charge in [-0.1, -0.05) is 0 Å². The van der Waals surface area contributed by atoms with Crippen LogP contribution < -0.4 is 0 Å². The second-order valence-corrected chi connectivity index (χ2v) is 8.84. The summed E-state index contributed by atoms with van der Waals surface area (Å²) < 4.78 is 1.66. The van der Waals surface area contributed by atoms with E-state index in [1.807, 2.05) is 0 Å². The standard InChI is InChI=1S/C7H20BNSi/c1-10(2,3)9(8)6-4-5-7-9/h4-7H2,1-3,8H3. The molecule has 0 bridgehead atoms. The van der Waals surface area contributed by atoms with E-state index in [0.717, 1.165) is 0 Å². The van der Waals surface area contributed by atoms with Crippen LogP contribution in [0, 0.1) is 0 Å². The van der Waals surface area contributed by atoms with Gasteiger partial charge in [-0.2, -0.15) is 0 Å². The van der Waals surface area contributed by atoms with Crippen molar-refractivity contribution in [2.45, 2.75) is 32.5 Å². The lowest BCUT2D eigenvalue weighted by Crippen LogP contribution is -2.60. The van der Waals surface area contributed by atoms with E-state index < -0.39 is 8.24 Å². The first-order valence-corrected chi connectivity index (χ1v) is 7.30. The van der Waals surface area contributed by atoms with Crippen LogP contribution in [0.3, 0.4) is 0 Å². The molecule has 0 aromatic rings. The Balaban J connectivity index is 2.67. The zero-order valence-corrected chi connectivity index (χ0v) is 7.78. The van der Waals surface area contributed by atoms with Crippen molar-refractivity contribution in [3.8, 4) is 0 Å². The Morgan fingerprint density at radius 3 is 1.70 bits per heavy atom. The van der Waals surface area contributed by atoms with Crippen molar-refractivity contribution in [2.24, 2.45) is 0 Å². The fourth-order valence-corrected chi connectivity index (χ4v) is 3.05. The summed E-state index contributed by atoms with van der Waals surface area (Å²) in [7, 11) is -0.252. The molecule has 1 aliphatic heterocycles. The third-order valence-electron chi connectivity index (χ3n) is 2.05. The molecule has 0 atom stereocenters. The van der Waals surface area contributed by atoms with E-state index in [1.165, 1.54) is 12.8 Å². The first-order chi connectivity index (χ1) is 4.46. The second-order valence-electron chi connectivity index (χ2n) is 3.86. The van der Waals surface area contributed by atoms with Crippen molar-refractivity contribution in [3.63, 3.8) is 0 Å². The van der Waals surface area contributed by atoms with E-state index >= 15 is 0 Å². The van der Waals surface area contributed by atoms with Crippen molar-refractivity contribution < 1.29 is 4.06 Å². The molecule has 0 spiro atoms. The lowest BCUT2D eigenvalue weighted by molar-refractivity contribution is -0.696. The van der Waals surface area contributed by atoms with Crippen molar-refractivity contribution in [1.82, 2.24) is 0 Å². The van der Waals surface area contributed by atoms with Crippen LogP contribution in [0.5, 0.6) is 0 Å². The number of hydrogen-bond acceptors (Lipinski definition) is 0. The van der Waals surface area contributed by atoms with Crippen LogP contribution in [0.1, 0.15) is 12.8 Å². The molecule has 0 N–H and O–H groups in total. The second kappa shape index (κ2) is 2.38. The molecule has 0 amide bonds. The monoisotopic (exact) mass is 157 g/mol. The summed E-state index contributed by atoms with van der Waals surface area (Å²) in [6, 6.07) is 0. The third kappa shape index (κ3) is 1.30. The molecular formula is C7H20BNSi. The van der Waals surface area contributed by atoms with Gasteiger partial charge < -0.3 is 4.06 Å². The topological polar surface area (TPSA) is 0 Å². The maximum atomic E-state index is 2.55. The molecule has 1 heterocycles. The molecule has 10 heavy (non-hydrogen) atoms. The molecule has 0 saturated carbocycles. The summed E-state index contributed by atoms with van der Waals surface area (Å²) >= 11 is 0. The summed E-state index contributed by atoms with van der Waals surface area (Å²) in [6.45, 7) is 10.7. The SMILES string of the molecule is [BH3-][N+]1([Si](C)(C)C)CCCC1. The van der Waals surface area contributed by atoms with Gasteiger partial charge in [-0.25, -0.2) is 0 Å². The largest absolute Gasteiger partial charge is 0.587 e. The zero-order valence-electron chi connectivity index (χ0n) is 6.78. The Bertz CT molecular complexity index is 124. The molecule has 0 aliphatic carbocycles. The highest BCUT2D eigenvalue weighted by atomic mass is 28.3. The fraction of sp³-hybridized carbons (Fsp3) is 1.00. The minimum Gasteiger partial charge on any atom is -0.587 e. The molecule has 1 fully saturated rings. The number of rotatable bonds is 1. The van der Waals surface area contributed by atoms with Crippen LogP contribution in [0.25, 0.3) is 0 Å². The van der Waals surface area contributed by atoms with Crippen molar-refractivity contribution >= 4 is 16.2 Å². The average molecular weight is 157 g/mol. The van der Waals surface area contributed by atoms with E-state index in [-0.39, 0.29) is 0 Å². The predicted octanol–water partition coefficient (Wildman–Crippen LogP) is 0.712. The molecule has 0 unspecified atom stereocenters. The summed E-state index contributed by atoms with van der Waals surface area (Å²) in [5.74, 6) is 0. The Hall–Kier alpha value is 0.242. The van der Waals surface area contributed by atoms with Gasteiger partial charge in [0.2, 0.25) is 8.24 Å². The van der Waals surface area contributed by atoms with E-state index in [0.29, 0.717) is 7.98 Å². The van der Waals surface area contributed by atoms with Crippen LogP contribution in [0.2, 0.25) is 19.6 Å². The number of nitrogens with zero attached hydrogens (tertiary/aromatic N) is 1. The maximum absolute atomic E-state index is 2.55. The van der Waals surface area contributed by atoms with Gasteiger partial charge in [-0.05, 0) is 32.5 Å². The van der Waals surface area contributed by atoms with Crippen molar-refractivity contribution in [2.75, 3.05) is 13.1 Å². The van der Waals surface area contributed by atoms with Crippen LogP contribution >= 0.6 is 0 Å². The van der Waals surface area contributed by atoms with Crippen LogP contribution in [0.4, 0.5) is 0 Å². The van der Waals surface area contributed by atoms with Gasteiger partial charge in [0.1, 0.15) is 0 Å². The minimum atomic E-state index is -0.800. The van der Waals surface area contributed by atoms with E-state index in [1.54, 1.807) is 17.1 Å². The molecule has 1 rings (SSSR count). The van der Waals surface area contributed by atoms with Gasteiger partial charge in [-0.3, -0.25) is 0 Å². The van der Waals surface area contributed by atoms with Gasteiger partial charge in [0.05, 0.1) is 0 Å². The van der Waals surface area contributed by atoms with Crippen LogP contribution in [-0.2, 0) is 0 Å². The van der Waals surface area contributed by atoms with Gasteiger partial charge in [-0.15, -0.1) is 0 Å². The molecule has 1 aliphatic rings. The Labute approximate surface area is 66.5 Å². The highest BCUT2D eigenvalue weighted by Crippen LogP contribution is 2.24. The summed E-state index contributed by atoms with van der Waals surface area (Å²) in [6.07, 6.45) is 3.04. The maximum Gasteiger partial charge on any atom is 0.231 e. The normalized spacial score (nSPS) is 25.2. The van der Waals surface area contributed by atoms with Gasteiger partial charge in [0.15, 0.2) is 7.98 Å². The summed E-state index contributed by atoms with van der Waals surface area (Å²) in [5, 5.41) is 0. The molecule has 60 valence electrons. The number of hydrogen-bond donors (Lipinski definition) is 0. The first kappa shape index (κ1) is 8.34. The summed E-state index contributed by atoms with van der Waals surface area (Å²) in [4.78, 5) is 0. The van der Waals surface area contributed by atoms with Crippen LogP contribution in [-0.4, -0.2) is 33.4 Å². The molecule has 1 saturated heterocycles. The summed E-state index contributed by atoms with van der Waals surface area (Å²) in [5.41, 5.74) is 0. The molecule has 0 aromatic heterocycles. The lowest BCUT2D eigenvalue weighted by Gasteiger charge is -2.51. The predicted molar refractivity (Wildman–Crippen MR) is 52.5 cm³/mol. The quantitative estimate of drug-likeness (QED) is 0.492. The molecular weight excluding hydrogens is 137 g/mol. The van der Waals surface area contributed by atoms with Crippen molar-refractivity contribution in [3.05, 3.63) is 0 Å². The van der Waals surface area contributed by atoms with Gasteiger partial charge in [0.25, 0.3) is 0 Å². The fourth-order valence-electron chi connectivity index (χ4n) is 1.39. The van der Waals surface area contributed by atoms with E-state index in [4.69, 9.17) is 0 Å². The Morgan fingerprint density at radius 2 is 1.50 bits per heavy atom. The van der Waals surface area contributed by atoms with Gasteiger partial charge >= 0.3 is 0 Å². The van der Waals surface area contributed by atoms with Crippen molar-refractivity contribution in [1.29, 1.82) is 0 Å². The number of quaternary nitrogens is 1. The highest BCUT2D eigenvalue weighted by Gasteiger charge is 2.34.